The van der Waals surface area contributed by atoms with Gasteiger partial charge in [0.25, 0.3) is 0 Å². The van der Waals surface area contributed by atoms with E-state index in [4.69, 9.17) is 10.8 Å². The molecule has 0 atom stereocenters. The molecule has 3 N–H and O–H groups in total. The Hall–Kier alpha value is -0.520. The Balaban J connectivity index is 2.44. The third-order valence-corrected chi connectivity index (χ3v) is 3.67. The van der Waals surface area contributed by atoms with Gasteiger partial charge in [-0.15, -0.1) is 11.3 Å². The van der Waals surface area contributed by atoms with Gasteiger partial charge in [0.1, 0.15) is 4.88 Å². The predicted octanol–water partition coefficient (Wildman–Crippen LogP) is 1.64. The molecule has 0 saturated heterocycles. The molecular formula is C8H11NO2S2. The van der Waals surface area contributed by atoms with Crippen LogP contribution in [-0.4, -0.2) is 23.4 Å². The normalized spacial score (nSPS) is 10.2. The molecule has 0 radical (unpaired) electrons. The molecule has 0 aliphatic heterocycles. The molecule has 0 spiro atoms. The number of aromatic carboxylic acids is 1. The maximum Gasteiger partial charge on any atom is 0.345 e. The topological polar surface area (TPSA) is 63.3 Å². The van der Waals surface area contributed by atoms with E-state index in [9.17, 15) is 4.79 Å². The Bertz CT molecular complexity index is 285. The van der Waals surface area contributed by atoms with Crippen LogP contribution in [0.15, 0.2) is 12.1 Å². The highest BCUT2D eigenvalue weighted by molar-refractivity contribution is 7.98. The SMILES string of the molecule is NCCSCc1ccc(C(=O)O)s1. The van der Waals surface area contributed by atoms with Crippen molar-refractivity contribution in [1.82, 2.24) is 0 Å². The molecule has 1 heterocycles. The van der Waals surface area contributed by atoms with E-state index < -0.39 is 5.97 Å². The molecule has 5 heteroatoms. The van der Waals surface area contributed by atoms with Crippen LogP contribution in [0.2, 0.25) is 0 Å². The maximum atomic E-state index is 10.5. The van der Waals surface area contributed by atoms with Crippen molar-refractivity contribution in [2.75, 3.05) is 12.3 Å². The fourth-order valence-corrected chi connectivity index (χ4v) is 2.56. The Kier molecular flexibility index (Phi) is 4.27. The molecule has 1 aromatic rings. The Morgan fingerprint density at radius 3 is 2.92 bits per heavy atom. The lowest BCUT2D eigenvalue weighted by molar-refractivity contribution is 0.0702. The number of rotatable bonds is 5. The molecule has 13 heavy (non-hydrogen) atoms. The van der Waals surface area contributed by atoms with E-state index in [2.05, 4.69) is 0 Å². The van der Waals surface area contributed by atoms with Crippen molar-refractivity contribution in [2.24, 2.45) is 5.73 Å². The second kappa shape index (κ2) is 5.26. The minimum absolute atomic E-state index is 0.406. The quantitative estimate of drug-likeness (QED) is 0.736. The van der Waals surface area contributed by atoms with E-state index in [0.717, 1.165) is 16.4 Å². The van der Waals surface area contributed by atoms with Crippen molar-refractivity contribution >= 4 is 29.1 Å². The lowest BCUT2D eigenvalue weighted by atomic mass is 10.4. The van der Waals surface area contributed by atoms with E-state index in [-0.39, 0.29) is 0 Å². The van der Waals surface area contributed by atoms with E-state index >= 15 is 0 Å². The van der Waals surface area contributed by atoms with Gasteiger partial charge in [0, 0.05) is 22.9 Å². The zero-order valence-corrected chi connectivity index (χ0v) is 8.66. The van der Waals surface area contributed by atoms with Crippen LogP contribution in [0.4, 0.5) is 0 Å². The smallest absolute Gasteiger partial charge is 0.345 e. The highest BCUT2D eigenvalue weighted by atomic mass is 32.2. The molecular weight excluding hydrogens is 206 g/mol. The van der Waals surface area contributed by atoms with E-state index in [1.54, 1.807) is 17.8 Å². The molecule has 0 aliphatic rings. The van der Waals surface area contributed by atoms with Crippen LogP contribution in [-0.2, 0) is 5.75 Å². The van der Waals surface area contributed by atoms with Gasteiger partial charge in [0.2, 0.25) is 0 Å². The average molecular weight is 217 g/mol. The number of hydrogen-bond donors (Lipinski definition) is 2. The Morgan fingerprint density at radius 1 is 1.62 bits per heavy atom. The van der Waals surface area contributed by atoms with Crippen molar-refractivity contribution in [1.29, 1.82) is 0 Å². The van der Waals surface area contributed by atoms with E-state index in [0.29, 0.717) is 11.4 Å². The minimum atomic E-state index is -0.847. The first-order valence-corrected chi connectivity index (χ1v) is 5.81. The molecule has 0 bridgehead atoms. The fraction of sp³-hybridized carbons (Fsp3) is 0.375. The highest BCUT2D eigenvalue weighted by Crippen LogP contribution is 2.21. The van der Waals surface area contributed by atoms with Crippen LogP contribution in [0.25, 0.3) is 0 Å². The first-order valence-electron chi connectivity index (χ1n) is 3.84. The second-order valence-corrected chi connectivity index (χ2v) is 4.69. The molecule has 0 saturated carbocycles. The second-order valence-electron chi connectivity index (χ2n) is 2.41. The summed E-state index contributed by atoms with van der Waals surface area (Å²) in [6.07, 6.45) is 0. The molecule has 72 valence electrons. The van der Waals surface area contributed by atoms with Crippen molar-refractivity contribution in [3.8, 4) is 0 Å². The number of nitrogens with two attached hydrogens (primary N) is 1. The average Bonchev–Trinajstić information content (AvgIpc) is 2.53. The third-order valence-electron chi connectivity index (χ3n) is 1.38. The molecule has 0 amide bonds. The number of carbonyl (C=O) groups is 1. The molecule has 0 aliphatic carbocycles. The predicted molar refractivity (Wildman–Crippen MR) is 56.5 cm³/mol. The lowest BCUT2D eigenvalue weighted by Crippen LogP contribution is -2.00. The molecule has 0 fully saturated rings. The summed E-state index contributed by atoms with van der Waals surface area (Å²) >= 11 is 3.05. The zero-order chi connectivity index (χ0) is 9.68. The van der Waals surface area contributed by atoms with Gasteiger partial charge in [0.05, 0.1) is 0 Å². The lowest BCUT2D eigenvalue weighted by Gasteiger charge is -1.94. The standard InChI is InChI=1S/C8H11NO2S2/c9-3-4-12-5-6-1-2-7(13-6)8(10)11/h1-2H,3-5,9H2,(H,10,11). The zero-order valence-electron chi connectivity index (χ0n) is 7.03. The molecule has 1 aromatic heterocycles. The largest absolute Gasteiger partial charge is 0.477 e. The van der Waals surface area contributed by atoms with Gasteiger partial charge < -0.3 is 10.8 Å². The van der Waals surface area contributed by atoms with Crippen LogP contribution in [0, 0.1) is 0 Å². The summed E-state index contributed by atoms with van der Waals surface area (Å²) in [7, 11) is 0. The van der Waals surface area contributed by atoms with Gasteiger partial charge in [-0.25, -0.2) is 4.79 Å². The Labute approximate surface area is 85.0 Å². The summed E-state index contributed by atoms with van der Waals surface area (Å²) in [4.78, 5) is 12.0. The summed E-state index contributed by atoms with van der Waals surface area (Å²) in [5, 5.41) is 8.65. The number of carboxylic acid groups (broad SMARTS) is 1. The first kappa shape index (κ1) is 10.6. The number of thiophene rings is 1. The molecule has 3 nitrogen and oxygen atoms in total. The maximum absolute atomic E-state index is 10.5. The van der Waals surface area contributed by atoms with E-state index in [1.165, 1.54) is 11.3 Å². The van der Waals surface area contributed by atoms with Crippen molar-refractivity contribution in [3.63, 3.8) is 0 Å². The van der Waals surface area contributed by atoms with E-state index in [1.807, 2.05) is 6.07 Å². The molecule has 0 aromatic carbocycles. The molecule has 0 unspecified atom stereocenters. The van der Waals surface area contributed by atoms with Crippen molar-refractivity contribution in [2.45, 2.75) is 5.75 Å². The summed E-state index contributed by atoms with van der Waals surface area (Å²) in [6.45, 7) is 0.668. The number of hydrogen-bond acceptors (Lipinski definition) is 4. The van der Waals surface area contributed by atoms with Gasteiger partial charge in [-0.1, -0.05) is 0 Å². The van der Waals surface area contributed by atoms with Gasteiger partial charge >= 0.3 is 5.97 Å². The van der Waals surface area contributed by atoms with Crippen LogP contribution in [0.5, 0.6) is 0 Å². The van der Waals surface area contributed by atoms with Gasteiger partial charge in [0.15, 0.2) is 0 Å². The van der Waals surface area contributed by atoms with Crippen molar-refractivity contribution in [3.05, 3.63) is 21.9 Å². The van der Waals surface area contributed by atoms with Crippen LogP contribution >= 0.6 is 23.1 Å². The third kappa shape index (κ3) is 3.38. The van der Waals surface area contributed by atoms with Crippen LogP contribution in [0.3, 0.4) is 0 Å². The minimum Gasteiger partial charge on any atom is -0.477 e. The van der Waals surface area contributed by atoms with Gasteiger partial charge in [-0.05, 0) is 12.1 Å². The first-order chi connectivity index (χ1) is 6.24. The van der Waals surface area contributed by atoms with Crippen LogP contribution < -0.4 is 5.73 Å². The van der Waals surface area contributed by atoms with Gasteiger partial charge in [-0.3, -0.25) is 0 Å². The fourth-order valence-electron chi connectivity index (χ4n) is 0.827. The summed E-state index contributed by atoms with van der Waals surface area (Å²) < 4.78 is 0. The number of thioether (sulfide) groups is 1. The van der Waals surface area contributed by atoms with Crippen molar-refractivity contribution < 1.29 is 9.90 Å². The summed E-state index contributed by atoms with van der Waals surface area (Å²) in [6, 6.07) is 3.50. The highest BCUT2D eigenvalue weighted by Gasteiger charge is 2.05. The van der Waals surface area contributed by atoms with Crippen LogP contribution in [0.1, 0.15) is 14.5 Å². The monoisotopic (exact) mass is 217 g/mol. The Morgan fingerprint density at radius 2 is 2.38 bits per heavy atom. The summed E-state index contributed by atoms with van der Waals surface area (Å²) in [5.74, 6) is 0.926. The molecule has 1 rings (SSSR count). The summed E-state index contributed by atoms with van der Waals surface area (Å²) in [5.41, 5.74) is 5.33. The van der Waals surface area contributed by atoms with Gasteiger partial charge in [-0.2, -0.15) is 11.8 Å². The number of carboxylic acids is 1.